The third-order valence-corrected chi connectivity index (χ3v) is 7.17. The molecule has 164 valence electrons. The fraction of sp³-hybridized carbons (Fsp3) is 0.300. The van der Waals surface area contributed by atoms with E-state index in [0.29, 0.717) is 24.6 Å². The summed E-state index contributed by atoms with van der Waals surface area (Å²) in [7, 11) is -2.57. The molecule has 1 saturated heterocycles. The zero-order valence-corrected chi connectivity index (χ0v) is 18.7. The van der Waals surface area contributed by atoms with Crippen molar-refractivity contribution >= 4 is 54.0 Å². The van der Waals surface area contributed by atoms with Crippen LogP contribution in [-0.2, 0) is 19.6 Å². The maximum atomic E-state index is 13.1. The van der Waals surface area contributed by atoms with Crippen LogP contribution < -0.4 is 19.7 Å². The van der Waals surface area contributed by atoms with E-state index in [-0.39, 0.29) is 16.6 Å². The first-order chi connectivity index (χ1) is 14.9. The highest BCUT2D eigenvalue weighted by molar-refractivity contribution is 7.92. The molecule has 2 aromatic carbocycles. The van der Waals surface area contributed by atoms with Gasteiger partial charge in [-0.2, -0.15) is 0 Å². The minimum atomic E-state index is -3.97. The Kier molecular flexibility index (Phi) is 5.99. The SMILES string of the molecule is COc1ccc(NC(C)=O)cc1S(=O)(=O)Nc1ccc2nc(N3CCOCC3)sc2c1. The van der Waals surface area contributed by atoms with Crippen molar-refractivity contribution in [3.8, 4) is 5.75 Å². The number of nitrogens with one attached hydrogen (secondary N) is 2. The maximum absolute atomic E-state index is 13.1. The van der Waals surface area contributed by atoms with Crippen LogP contribution >= 0.6 is 11.3 Å². The molecule has 0 atom stereocenters. The zero-order chi connectivity index (χ0) is 22.0. The number of nitrogens with zero attached hydrogens (tertiary/aromatic N) is 2. The Bertz CT molecular complexity index is 1220. The summed E-state index contributed by atoms with van der Waals surface area (Å²) in [5.41, 5.74) is 1.58. The summed E-state index contributed by atoms with van der Waals surface area (Å²) in [6.07, 6.45) is 0. The zero-order valence-electron chi connectivity index (χ0n) is 17.0. The van der Waals surface area contributed by atoms with E-state index in [9.17, 15) is 13.2 Å². The van der Waals surface area contributed by atoms with Gasteiger partial charge in [0.25, 0.3) is 10.0 Å². The largest absolute Gasteiger partial charge is 0.495 e. The second kappa shape index (κ2) is 8.69. The van der Waals surface area contributed by atoms with Gasteiger partial charge in [-0.15, -0.1) is 0 Å². The third-order valence-electron chi connectivity index (χ3n) is 4.68. The summed E-state index contributed by atoms with van der Waals surface area (Å²) in [5, 5.41) is 3.48. The molecule has 1 aromatic heterocycles. The number of amides is 1. The van der Waals surface area contributed by atoms with E-state index in [2.05, 4.69) is 19.9 Å². The number of fused-ring (bicyclic) bond motifs is 1. The molecule has 0 bridgehead atoms. The molecule has 1 fully saturated rings. The highest BCUT2D eigenvalue weighted by atomic mass is 32.2. The van der Waals surface area contributed by atoms with Crippen LogP contribution in [0, 0.1) is 0 Å². The summed E-state index contributed by atoms with van der Waals surface area (Å²) in [5.74, 6) is -0.122. The Labute approximate surface area is 184 Å². The molecule has 0 aliphatic carbocycles. The number of sulfonamides is 1. The van der Waals surface area contributed by atoms with Gasteiger partial charge in [-0.1, -0.05) is 11.3 Å². The average molecular weight is 463 g/mol. The number of carbonyl (C=O) groups excluding carboxylic acids is 1. The van der Waals surface area contributed by atoms with Crippen molar-refractivity contribution in [1.29, 1.82) is 0 Å². The van der Waals surface area contributed by atoms with Crippen molar-refractivity contribution in [3.05, 3.63) is 36.4 Å². The van der Waals surface area contributed by atoms with Crippen molar-refractivity contribution in [2.75, 3.05) is 48.4 Å². The normalized spacial score (nSPS) is 14.5. The van der Waals surface area contributed by atoms with Gasteiger partial charge in [-0.25, -0.2) is 13.4 Å². The molecule has 2 N–H and O–H groups in total. The van der Waals surface area contributed by atoms with Crippen molar-refractivity contribution in [2.24, 2.45) is 0 Å². The van der Waals surface area contributed by atoms with Crippen LogP contribution in [0.5, 0.6) is 5.75 Å². The Balaban J connectivity index is 1.62. The number of morpholine rings is 1. The van der Waals surface area contributed by atoms with Crippen LogP contribution in [0.15, 0.2) is 41.3 Å². The first-order valence-corrected chi connectivity index (χ1v) is 11.9. The van der Waals surface area contributed by atoms with Gasteiger partial charge >= 0.3 is 0 Å². The van der Waals surface area contributed by atoms with Crippen LogP contribution in [0.3, 0.4) is 0 Å². The summed E-state index contributed by atoms with van der Waals surface area (Å²) in [4.78, 5) is 18.1. The average Bonchev–Trinajstić information content (AvgIpc) is 3.17. The quantitative estimate of drug-likeness (QED) is 0.580. The van der Waals surface area contributed by atoms with Crippen LogP contribution in [0.2, 0.25) is 0 Å². The first-order valence-electron chi connectivity index (χ1n) is 9.57. The first kappa shape index (κ1) is 21.3. The molecule has 2 heterocycles. The minimum Gasteiger partial charge on any atom is -0.495 e. The Hall–Kier alpha value is -2.89. The third kappa shape index (κ3) is 4.73. The molecule has 11 heteroatoms. The van der Waals surface area contributed by atoms with Gasteiger partial charge < -0.3 is 19.7 Å². The topological polar surface area (TPSA) is 110 Å². The molecule has 0 spiro atoms. The fourth-order valence-electron chi connectivity index (χ4n) is 3.24. The minimum absolute atomic E-state index is 0.0698. The van der Waals surface area contributed by atoms with E-state index in [1.807, 2.05) is 0 Å². The molecule has 1 aliphatic rings. The number of ether oxygens (including phenoxy) is 2. The monoisotopic (exact) mass is 462 g/mol. The van der Waals surface area contributed by atoms with Gasteiger partial charge in [-0.05, 0) is 36.4 Å². The fourth-order valence-corrected chi connectivity index (χ4v) is 5.55. The maximum Gasteiger partial charge on any atom is 0.265 e. The van der Waals surface area contributed by atoms with Gasteiger partial charge in [-0.3, -0.25) is 9.52 Å². The Morgan fingerprint density at radius 3 is 2.61 bits per heavy atom. The lowest BCUT2D eigenvalue weighted by atomic mass is 10.3. The number of rotatable bonds is 6. The van der Waals surface area contributed by atoms with E-state index in [4.69, 9.17) is 9.47 Å². The molecular formula is C20H22N4O5S2. The molecule has 1 amide bonds. The van der Waals surface area contributed by atoms with E-state index in [1.54, 1.807) is 24.3 Å². The van der Waals surface area contributed by atoms with Crippen LogP contribution in [0.25, 0.3) is 10.2 Å². The highest BCUT2D eigenvalue weighted by Gasteiger charge is 2.22. The number of hydrogen-bond donors (Lipinski definition) is 2. The number of hydrogen-bond acceptors (Lipinski definition) is 8. The number of thiazole rings is 1. The van der Waals surface area contributed by atoms with Gasteiger partial charge in [0.2, 0.25) is 5.91 Å². The molecule has 0 saturated carbocycles. The Morgan fingerprint density at radius 1 is 1.16 bits per heavy atom. The number of benzene rings is 2. The highest BCUT2D eigenvalue weighted by Crippen LogP contribution is 2.33. The molecule has 31 heavy (non-hydrogen) atoms. The predicted octanol–water partition coefficient (Wildman–Crippen LogP) is 2.90. The van der Waals surface area contributed by atoms with E-state index < -0.39 is 10.0 Å². The molecule has 0 radical (unpaired) electrons. The second-order valence-corrected chi connectivity index (χ2v) is 9.59. The lowest BCUT2D eigenvalue weighted by Crippen LogP contribution is -2.36. The molecule has 0 unspecified atom stereocenters. The van der Waals surface area contributed by atoms with Crippen molar-refractivity contribution in [2.45, 2.75) is 11.8 Å². The van der Waals surface area contributed by atoms with Gasteiger partial charge in [0.15, 0.2) is 5.13 Å². The van der Waals surface area contributed by atoms with Crippen LogP contribution in [0.4, 0.5) is 16.5 Å². The van der Waals surface area contributed by atoms with E-state index in [1.165, 1.54) is 37.5 Å². The number of anilines is 3. The molecule has 9 nitrogen and oxygen atoms in total. The molecular weight excluding hydrogens is 440 g/mol. The van der Waals surface area contributed by atoms with Crippen molar-refractivity contribution in [1.82, 2.24) is 4.98 Å². The number of aromatic nitrogens is 1. The second-order valence-electron chi connectivity index (χ2n) is 6.93. The summed E-state index contributed by atoms with van der Waals surface area (Å²) in [6.45, 7) is 4.25. The standard InChI is InChI=1S/C20H22N4O5S2/c1-13(25)21-14-4-6-17(28-2)19(12-14)31(26,27)23-15-3-5-16-18(11-15)30-20(22-16)24-7-9-29-10-8-24/h3-6,11-12,23H,7-10H2,1-2H3,(H,21,25). The summed E-state index contributed by atoms with van der Waals surface area (Å²) < 4.78 is 40.2. The lowest BCUT2D eigenvalue weighted by Gasteiger charge is -2.25. The number of carbonyl (C=O) groups is 1. The van der Waals surface area contributed by atoms with E-state index in [0.717, 1.165) is 28.4 Å². The molecule has 1 aliphatic heterocycles. The predicted molar refractivity (Wildman–Crippen MR) is 121 cm³/mol. The van der Waals surface area contributed by atoms with Gasteiger partial charge in [0, 0.05) is 25.7 Å². The Morgan fingerprint density at radius 2 is 1.90 bits per heavy atom. The summed E-state index contributed by atoms with van der Waals surface area (Å²) >= 11 is 1.51. The molecule has 3 aromatic rings. The summed E-state index contributed by atoms with van der Waals surface area (Å²) in [6, 6.07) is 9.67. The number of methoxy groups -OCH3 is 1. The van der Waals surface area contributed by atoms with Gasteiger partial charge in [0.05, 0.1) is 36.2 Å². The van der Waals surface area contributed by atoms with Crippen LogP contribution in [0.1, 0.15) is 6.92 Å². The van der Waals surface area contributed by atoms with Crippen LogP contribution in [-0.4, -0.2) is 52.7 Å². The smallest absolute Gasteiger partial charge is 0.265 e. The van der Waals surface area contributed by atoms with E-state index >= 15 is 0 Å². The molecule has 4 rings (SSSR count). The van der Waals surface area contributed by atoms with Crippen molar-refractivity contribution in [3.63, 3.8) is 0 Å². The lowest BCUT2D eigenvalue weighted by molar-refractivity contribution is -0.114. The van der Waals surface area contributed by atoms with Crippen molar-refractivity contribution < 1.29 is 22.7 Å². The van der Waals surface area contributed by atoms with Gasteiger partial charge in [0.1, 0.15) is 10.6 Å².